The number of halogens is 2. The Morgan fingerprint density at radius 3 is 2.68 bits per heavy atom. The molecule has 0 fully saturated rings. The van der Waals surface area contributed by atoms with E-state index in [4.69, 9.17) is 11.6 Å². The van der Waals surface area contributed by atoms with Gasteiger partial charge in [-0.1, -0.05) is 27.7 Å². The van der Waals surface area contributed by atoms with Crippen LogP contribution >= 0.6 is 27.5 Å². The maximum atomic E-state index is 6.03. The van der Waals surface area contributed by atoms with Gasteiger partial charge in [0.2, 0.25) is 0 Å². The van der Waals surface area contributed by atoms with Gasteiger partial charge in [0.1, 0.15) is 11.3 Å². The van der Waals surface area contributed by atoms with Crippen LogP contribution < -0.4 is 0 Å². The van der Waals surface area contributed by atoms with Gasteiger partial charge in [-0.2, -0.15) is 0 Å². The van der Waals surface area contributed by atoms with Crippen molar-refractivity contribution in [3.63, 3.8) is 0 Å². The molecule has 0 aliphatic heterocycles. The predicted octanol–water partition coefficient (Wildman–Crippen LogP) is 4.61. The quantitative estimate of drug-likeness (QED) is 0.758. The fourth-order valence-corrected chi connectivity index (χ4v) is 2.41. The highest BCUT2D eigenvalue weighted by Gasteiger charge is 2.25. The average Bonchev–Trinajstić information content (AvgIpc) is 2.65. The van der Waals surface area contributed by atoms with Crippen LogP contribution in [0.2, 0.25) is 0 Å². The highest BCUT2D eigenvalue weighted by molar-refractivity contribution is 9.10. The molecule has 5 heteroatoms. The highest BCUT2D eigenvalue weighted by atomic mass is 79.9. The summed E-state index contributed by atoms with van der Waals surface area (Å²) >= 11 is 9.46. The standard InChI is InChI=1S/C14H19BrClN3/c1-9(2)14(3,4)8-19-12(6-16)18-11-5-10(15)7-17-13(11)19/h5,7,9H,6,8H2,1-4H3. The molecular weight excluding hydrogens is 326 g/mol. The van der Waals surface area contributed by atoms with Crippen LogP contribution in [0.15, 0.2) is 16.7 Å². The Labute approximate surface area is 127 Å². The second-order valence-electron chi connectivity index (χ2n) is 5.89. The first-order chi connectivity index (χ1) is 8.85. The van der Waals surface area contributed by atoms with E-state index in [1.54, 1.807) is 6.20 Å². The summed E-state index contributed by atoms with van der Waals surface area (Å²) in [4.78, 5) is 9.06. The number of hydrogen-bond donors (Lipinski definition) is 0. The van der Waals surface area contributed by atoms with Crippen LogP contribution in [0.1, 0.15) is 33.5 Å². The molecule has 2 aromatic rings. The zero-order valence-electron chi connectivity index (χ0n) is 11.7. The number of nitrogens with zero attached hydrogens (tertiary/aromatic N) is 3. The van der Waals surface area contributed by atoms with Crippen LogP contribution in [0.3, 0.4) is 0 Å². The maximum Gasteiger partial charge on any atom is 0.160 e. The number of hydrogen-bond acceptors (Lipinski definition) is 2. The Bertz CT molecular complexity index is 590. The number of alkyl halides is 1. The molecule has 0 N–H and O–H groups in total. The second kappa shape index (κ2) is 5.41. The van der Waals surface area contributed by atoms with E-state index in [2.05, 4.69) is 58.2 Å². The molecule has 2 heterocycles. The minimum absolute atomic E-state index is 0.170. The average molecular weight is 345 g/mol. The Hall–Kier alpha value is -0.610. The molecule has 0 aliphatic carbocycles. The van der Waals surface area contributed by atoms with Gasteiger partial charge >= 0.3 is 0 Å². The van der Waals surface area contributed by atoms with Crippen molar-refractivity contribution < 1.29 is 0 Å². The lowest BCUT2D eigenvalue weighted by Crippen LogP contribution is -2.26. The van der Waals surface area contributed by atoms with Gasteiger partial charge in [-0.25, -0.2) is 9.97 Å². The van der Waals surface area contributed by atoms with E-state index in [-0.39, 0.29) is 5.41 Å². The fraction of sp³-hybridized carbons (Fsp3) is 0.571. The Balaban J connectivity index is 2.52. The number of imidazole rings is 1. The maximum absolute atomic E-state index is 6.03. The van der Waals surface area contributed by atoms with Gasteiger partial charge in [0.05, 0.1) is 5.88 Å². The van der Waals surface area contributed by atoms with E-state index in [0.29, 0.717) is 11.8 Å². The minimum atomic E-state index is 0.170. The molecule has 3 nitrogen and oxygen atoms in total. The van der Waals surface area contributed by atoms with E-state index in [1.807, 2.05) is 6.07 Å². The third-order valence-electron chi connectivity index (χ3n) is 3.88. The number of pyridine rings is 1. The monoisotopic (exact) mass is 343 g/mol. The molecule has 0 amide bonds. The Morgan fingerprint density at radius 2 is 2.11 bits per heavy atom. The van der Waals surface area contributed by atoms with Crippen molar-refractivity contribution in [3.05, 3.63) is 22.6 Å². The first-order valence-electron chi connectivity index (χ1n) is 6.42. The number of fused-ring (bicyclic) bond motifs is 1. The summed E-state index contributed by atoms with van der Waals surface area (Å²) in [7, 11) is 0. The third-order valence-corrected chi connectivity index (χ3v) is 4.55. The van der Waals surface area contributed by atoms with Crippen molar-refractivity contribution in [2.75, 3.05) is 0 Å². The molecule has 0 saturated carbocycles. The SMILES string of the molecule is CC(C)C(C)(C)Cn1c(CCl)nc2cc(Br)cnc21. The van der Waals surface area contributed by atoms with Gasteiger partial charge in [0, 0.05) is 17.2 Å². The Kier molecular flexibility index (Phi) is 4.21. The van der Waals surface area contributed by atoms with Crippen molar-refractivity contribution in [1.29, 1.82) is 0 Å². The first-order valence-corrected chi connectivity index (χ1v) is 7.74. The summed E-state index contributed by atoms with van der Waals surface area (Å²) in [6.07, 6.45) is 1.81. The van der Waals surface area contributed by atoms with E-state index in [9.17, 15) is 0 Å². The largest absolute Gasteiger partial charge is 0.311 e. The van der Waals surface area contributed by atoms with Gasteiger partial charge in [-0.3, -0.25) is 0 Å². The molecule has 0 aromatic carbocycles. The van der Waals surface area contributed by atoms with Gasteiger partial charge in [-0.15, -0.1) is 11.6 Å². The number of rotatable bonds is 4. The van der Waals surface area contributed by atoms with Crippen molar-refractivity contribution in [2.24, 2.45) is 11.3 Å². The van der Waals surface area contributed by atoms with Crippen LogP contribution in [0.4, 0.5) is 0 Å². The molecule has 0 spiro atoms. The molecule has 0 atom stereocenters. The van der Waals surface area contributed by atoms with Crippen molar-refractivity contribution in [1.82, 2.24) is 14.5 Å². The van der Waals surface area contributed by atoms with Crippen molar-refractivity contribution in [2.45, 2.75) is 40.1 Å². The molecule has 0 saturated heterocycles. The zero-order chi connectivity index (χ0) is 14.2. The topological polar surface area (TPSA) is 30.7 Å². The first kappa shape index (κ1) is 14.8. The van der Waals surface area contributed by atoms with Crippen molar-refractivity contribution >= 4 is 38.7 Å². The summed E-state index contributed by atoms with van der Waals surface area (Å²) in [5.74, 6) is 1.86. The molecule has 19 heavy (non-hydrogen) atoms. The molecule has 0 bridgehead atoms. The lowest BCUT2D eigenvalue weighted by molar-refractivity contribution is 0.210. The van der Waals surface area contributed by atoms with Crippen LogP contribution in [0.25, 0.3) is 11.2 Å². The van der Waals surface area contributed by atoms with Gasteiger partial charge in [0.25, 0.3) is 0 Å². The minimum Gasteiger partial charge on any atom is -0.311 e. The second-order valence-corrected chi connectivity index (χ2v) is 7.07. The smallest absolute Gasteiger partial charge is 0.160 e. The molecule has 104 valence electrons. The van der Waals surface area contributed by atoms with E-state index >= 15 is 0 Å². The van der Waals surface area contributed by atoms with Crippen LogP contribution in [-0.4, -0.2) is 14.5 Å². The molecule has 0 unspecified atom stereocenters. The Morgan fingerprint density at radius 1 is 1.42 bits per heavy atom. The number of aromatic nitrogens is 3. The van der Waals surface area contributed by atoms with E-state index in [0.717, 1.165) is 28.0 Å². The van der Waals surface area contributed by atoms with Crippen LogP contribution in [0.5, 0.6) is 0 Å². The predicted molar refractivity (Wildman–Crippen MR) is 83.4 cm³/mol. The molecule has 2 rings (SSSR count). The molecule has 0 aliphatic rings. The molecular formula is C14H19BrClN3. The zero-order valence-corrected chi connectivity index (χ0v) is 14.1. The summed E-state index contributed by atoms with van der Waals surface area (Å²) in [6.45, 7) is 9.88. The molecule has 0 radical (unpaired) electrons. The summed E-state index contributed by atoms with van der Waals surface area (Å²) in [5.41, 5.74) is 1.97. The normalized spacial score (nSPS) is 12.6. The van der Waals surface area contributed by atoms with Crippen molar-refractivity contribution in [3.8, 4) is 0 Å². The summed E-state index contributed by atoms with van der Waals surface area (Å²) < 4.78 is 3.09. The molecule has 2 aromatic heterocycles. The van der Waals surface area contributed by atoms with Gasteiger partial charge < -0.3 is 4.57 Å². The van der Waals surface area contributed by atoms with Crippen LogP contribution in [0, 0.1) is 11.3 Å². The lowest BCUT2D eigenvalue weighted by Gasteiger charge is -2.30. The van der Waals surface area contributed by atoms with Crippen LogP contribution in [-0.2, 0) is 12.4 Å². The summed E-state index contributed by atoms with van der Waals surface area (Å²) in [6, 6.07) is 1.98. The lowest BCUT2D eigenvalue weighted by atomic mass is 9.81. The highest BCUT2D eigenvalue weighted by Crippen LogP contribution is 2.30. The summed E-state index contributed by atoms with van der Waals surface area (Å²) in [5, 5.41) is 0. The van der Waals surface area contributed by atoms with E-state index in [1.165, 1.54) is 0 Å². The fourth-order valence-electron chi connectivity index (χ4n) is 1.89. The van der Waals surface area contributed by atoms with Gasteiger partial charge in [-0.05, 0) is 33.3 Å². The third kappa shape index (κ3) is 2.95. The van der Waals surface area contributed by atoms with E-state index < -0.39 is 0 Å². The van der Waals surface area contributed by atoms with Gasteiger partial charge in [0.15, 0.2) is 5.65 Å².